The predicted molar refractivity (Wildman–Crippen MR) is 98.4 cm³/mol. The monoisotopic (exact) mass is 413 g/mol. The number of rotatable bonds is 6. The summed E-state index contributed by atoms with van der Waals surface area (Å²) >= 11 is 0. The van der Waals surface area contributed by atoms with Crippen molar-refractivity contribution in [3.05, 3.63) is 41.7 Å². The molecule has 0 radical (unpaired) electrons. The Bertz CT molecular complexity index is 906. The van der Waals surface area contributed by atoms with Gasteiger partial charge in [0, 0.05) is 12.4 Å². The second-order valence-corrected chi connectivity index (χ2v) is 12.6. The molecule has 0 N–H and O–H groups in total. The van der Waals surface area contributed by atoms with Gasteiger partial charge in [-0.05, 0) is 45.5 Å². The fourth-order valence-electron chi connectivity index (χ4n) is 3.50. The van der Waals surface area contributed by atoms with E-state index in [0.717, 1.165) is 6.20 Å². The summed E-state index contributed by atoms with van der Waals surface area (Å²) in [6.07, 6.45) is -1.38. The Morgan fingerprint density at radius 2 is 1.96 bits per heavy atom. The quantitative estimate of drug-likeness (QED) is 0.528. The lowest BCUT2D eigenvalue weighted by Crippen LogP contribution is -2.50. The molecule has 1 fully saturated rings. The van der Waals surface area contributed by atoms with E-state index in [1.807, 2.05) is 19.6 Å². The molecule has 2 aromatic heterocycles. The molecule has 6 nitrogen and oxygen atoms in total. The Morgan fingerprint density at radius 1 is 1.36 bits per heavy atom. The minimum absolute atomic E-state index is 0.0600. The standard InChI is InChI=1S/C18H23F3N4O2Si/c1-17(27-28(2,3)4)9-12(10-17)25-16(18(19,20)21)13(11-24-25)14(26)8-15-22-6-5-7-23-15/h5-7,11-12H,8-10H2,1-4H3/i12D. The van der Waals surface area contributed by atoms with Crippen LogP contribution in [0.2, 0.25) is 19.6 Å². The van der Waals surface area contributed by atoms with Gasteiger partial charge in [0.05, 0.1) is 31.2 Å². The zero-order valence-electron chi connectivity index (χ0n) is 17.2. The SMILES string of the molecule is [2H]C1(n2ncc(C(=O)Cc3ncccn3)c2C(F)(F)F)CC(C)(O[Si](C)(C)C)C1. The van der Waals surface area contributed by atoms with Crippen LogP contribution in [0.25, 0.3) is 0 Å². The van der Waals surface area contributed by atoms with E-state index in [1.165, 1.54) is 12.4 Å². The fraction of sp³-hybridized carbons (Fsp3) is 0.556. The van der Waals surface area contributed by atoms with Crippen molar-refractivity contribution < 1.29 is 23.8 Å². The van der Waals surface area contributed by atoms with E-state index < -0.39 is 43.2 Å². The van der Waals surface area contributed by atoms with Crippen LogP contribution in [0.3, 0.4) is 0 Å². The summed E-state index contributed by atoms with van der Waals surface area (Å²) in [6.45, 7) is 7.76. The first-order valence-corrected chi connectivity index (χ1v) is 12.3. The van der Waals surface area contributed by atoms with Crippen molar-refractivity contribution in [3.8, 4) is 0 Å². The van der Waals surface area contributed by atoms with Crippen LogP contribution in [0.5, 0.6) is 0 Å². The second kappa shape index (κ2) is 7.07. The number of hydrogen-bond acceptors (Lipinski definition) is 5. The van der Waals surface area contributed by atoms with E-state index in [0.29, 0.717) is 4.68 Å². The first-order valence-electron chi connectivity index (χ1n) is 9.38. The van der Waals surface area contributed by atoms with Crippen LogP contribution in [0.1, 0.15) is 49.0 Å². The molecule has 0 atom stereocenters. The largest absolute Gasteiger partial charge is 0.433 e. The lowest BCUT2D eigenvalue weighted by molar-refractivity contribution is -0.148. The number of hydrogen-bond donors (Lipinski definition) is 0. The zero-order valence-corrected chi connectivity index (χ0v) is 17.2. The number of halogens is 3. The highest BCUT2D eigenvalue weighted by molar-refractivity contribution is 6.69. The third-order valence-electron chi connectivity index (χ3n) is 4.28. The average Bonchev–Trinajstić information content (AvgIpc) is 2.98. The van der Waals surface area contributed by atoms with Gasteiger partial charge in [-0.2, -0.15) is 18.3 Å². The predicted octanol–water partition coefficient (Wildman–Crippen LogP) is 4.06. The van der Waals surface area contributed by atoms with Crippen LogP contribution in [0.15, 0.2) is 24.7 Å². The maximum atomic E-state index is 13.8. The van der Waals surface area contributed by atoms with E-state index in [1.54, 1.807) is 13.0 Å². The van der Waals surface area contributed by atoms with E-state index in [-0.39, 0.29) is 25.1 Å². The van der Waals surface area contributed by atoms with E-state index in [9.17, 15) is 18.0 Å². The van der Waals surface area contributed by atoms with Gasteiger partial charge in [0.15, 0.2) is 19.8 Å². The summed E-state index contributed by atoms with van der Waals surface area (Å²) in [5.41, 5.74) is -2.46. The van der Waals surface area contributed by atoms with Crippen molar-refractivity contribution >= 4 is 14.1 Å². The number of carbonyl (C=O) groups excluding carboxylic acids is 1. The third kappa shape index (κ3) is 4.49. The average molecular weight is 413 g/mol. The topological polar surface area (TPSA) is 69.9 Å². The number of aromatic nitrogens is 4. The smallest absolute Gasteiger partial charge is 0.412 e. The van der Waals surface area contributed by atoms with Crippen molar-refractivity contribution in [1.82, 2.24) is 19.7 Å². The van der Waals surface area contributed by atoms with Crippen molar-refractivity contribution in [1.29, 1.82) is 0 Å². The van der Waals surface area contributed by atoms with Crippen LogP contribution < -0.4 is 0 Å². The molecule has 1 saturated carbocycles. The highest BCUT2D eigenvalue weighted by atomic mass is 28.4. The molecule has 28 heavy (non-hydrogen) atoms. The molecule has 2 aromatic rings. The van der Waals surface area contributed by atoms with Gasteiger partial charge in [-0.15, -0.1) is 0 Å². The Balaban J connectivity index is 1.91. The molecule has 3 rings (SSSR count). The summed E-state index contributed by atoms with van der Waals surface area (Å²) in [6, 6.07) is -0.0753. The van der Waals surface area contributed by atoms with Gasteiger partial charge in [0.1, 0.15) is 5.82 Å². The van der Waals surface area contributed by atoms with E-state index >= 15 is 0 Å². The summed E-state index contributed by atoms with van der Waals surface area (Å²) in [7, 11) is -1.94. The summed E-state index contributed by atoms with van der Waals surface area (Å²) in [5.74, 6) is -0.669. The molecule has 1 aliphatic rings. The molecule has 0 bridgehead atoms. The lowest BCUT2D eigenvalue weighted by Gasteiger charge is -2.48. The molecule has 0 aliphatic heterocycles. The molecule has 10 heteroatoms. The molecule has 0 saturated heterocycles. The Morgan fingerprint density at radius 3 is 2.50 bits per heavy atom. The second-order valence-electron chi connectivity index (χ2n) is 8.17. The first kappa shape index (κ1) is 19.3. The number of Topliss-reactive ketones (excluding diaryl/α,β-unsaturated/α-hetero) is 1. The minimum Gasteiger partial charge on any atom is -0.412 e. The maximum absolute atomic E-state index is 13.8. The molecule has 0 amide bonds. The van der Waals surface area contributed by atoms with Crippen LogP contribution in [-0.2, 0) is 17.0 Å². The Labute approximate surface area is 163 Å². The number of carbonyl (C=O) groups is 1. The third-order valence-corrected chi connectivity index (χ3v) is 5.39. The van der Waals surface area contributed by atoms with Gasteiger partial charge in [-0.3, -0.25) is 9.48 Å². The Kier molecular flexibility index (Phi) is 4.86. The van der Waals surface area contributed by atoms with Crippen LogP contribution in [-0.4, -0.2) is 39.5 Å². The van der Waals surface area contributed by atoms with Gasteiger partial charge >= 0.3 is 6.18 Å². The van der Waals surface area contributed by atoms with E-state index in [2.05, 4.69) is 15.1 Å². The molecule has 0 unspecified atom stereocenters. The van der Waals surface area contributed by atoms with Crippen molar-refractivity contribution in [3.63, 3.8) is 0 Å². The first-order chi connectivity index (χ1) is 13.2. The molecule has 0 spiro atoms. The van der Waals surface area contributed by atoms with Crippen LogP contribution >= 0.6 is 0 Å². The van der Waals surface area contributed by atoms with Gasteiger partial charge in [0.25, 0.3) is 0 Å². The highest BCUT2D eigenvalue weighted by Crippen LogP contribution is 2.47. The molecule has 2 heterocycles. The van der Waals surface area contributed by atoms with Gasteiger partial charge in [-0.25, -0.2) is 9.97 Å². The summed E-state index contributed by atoms with van der Waals surface area (Å²) in [5, 5.41) is 3.80. The van der Waals surface area contributed by atoms with Crippen molar-refractivity contribution in [2.45, 2.75) is 63.6 Å². The molecular formula is C18H23F3N4O2Si. The van der Waals surface area contributed by atoms with Gasteiger partial charge in [-0.1, -0.05) is 0 Å². The number of alkyl halides is 3. The minimum atomic E-state index is -4.83. The molecular weight excluding hydrogens is 389 g/mol. The van der Waals surface area contributed by atoms with Crippen molar-refractivity contribution in [2.24, 2.45) is 0 Å². The highest BCUT2D eigenvalue weighted by Gasteiger charge is 2.49. The zero-order chi connectivity index (χ0) is 21.7. The summed E-state index contributed by atoms with van der Waals surface area (Å²) < 4.78 is 56.8. The maximum Gasteiger partial charge on any atom is 0.433 e. The Hall–Kier alpha value is -2.07. The number of nitrogens with zero attached hydrogens (tertiary/aromatic N) is 4. The molecule has 1 aliphatic carbocycles. The number of ketones is 1. The van der Waals surface area contributed by atoms with Gasteiger partial charge in [0.2, 0.25) is 0 Å². The normalized spacial score (nSPS) is 25.9. The molecule has 152 valence electrons. The fourth-order valence-corrected chi connectivity index (χ4v) is 5.12. The summed E-state index contributed by atoms with van der Waals surface area (Å²) in [4.78, 5) is 20.3. The van der Waals surface area contributed by atoms with E-state index in [4.69, 9.17) is 5.80 Å². The van der Waals surface area contributed by atoms with Crippen LogP contribution in [0, 0.1) is 0 Å². The molecule has 0 aromatic carbocycles. The van der Waals surface area contributed by atoms with Crippen molar-refractivity contribution in [2.75, 3.05) is 0 Å². The lowest BCUT2D eigenvalue weighted by atomic mass is 9.77. The van der Waals surface area contributed by atoms with Crippen LogP contribution in [0.4, 0.5) is 13.2 Å². The van der Waals surface area contributed by atoms with Gasteiger partial charge < -0.3 is 4.43 Å².